The van der Waals surface area contributed by atoms with Crippen LogP contribution >= 0.6 is 11.6 Å². The Kier molecular flexibility index (Phi) is 3.52. The first-order valence-electron chi connectivity index (χ1n) is 5.73. The molecule has 15 heavy (non-hydrogen) atoms. The number of ether oxygens (including phenoxy) is 1. The highest BCUT2D eigenvalue weighted by atomic mass is 35.5. The van der Waals surface area contributed by atoms with Crippen molar-refractivity contribution >= 4 is 17.5 Å². The normalized spacial score (nSPS) is 31.9. The van der Waals surface area contributed by atoms with E-state index in [0.29, 0.717) is 0 Å². The highest BCUT2D eigenvalue weighted by molar-refractivity contribution is 6.27. The van der Waals surface area contributed by atoms with Gasteiger partial charge in [-0.1, -0.05) is 0 Å². The van der Waals surface area contributed by atoms with Gasteiger partial charge >= 0.3 is 0 Å². The van der Waals surface area contributed by atoms with Gasteiger partial charge in [-0.2, -0.15) is 0 Å². The minimum Gasteiger partial charge on any atom is -0.373 e. The van der Waals surface area contributed by atoms with Crippen LogP contribution in [0.3, 0.4) is 0 Å². The maximum atomic E-state index is 11.5. The van der Waals surface area contributed by atoms with Crippen molar-refractivity contribution in [3.8, 4) is 0 Å². The summed E-state index contributed by atoms with van der Waals surface area (Å²) in [4.78, 5) is 13.4. The number of alkyl halides is 1. The van der Waals surface area contributed by atoms with Gasteiger partial charge in [-0.15, -0.1) is 11.6 Å². The molecule has 1 spiro atoms. The standard InChI is InChI=1S/C11H18ClNO2/c12-8-10(14)13-6-3-5-11(9-13)4-1-2-7-15-11/h1-9H2/t11-/m1/s1. The first kappa shape index (κ1) is 11.2. The number of hydrogen-bond acceptors (Lipinski definition) is 2. The number of carbonyl (C=O) groups excluding carboxylic acids is 1. The summed E-state index contributed by atoms with van der Waals surface area (Å²) in [6.07, 6.45) is 5.62. The van der Waals surface area contributed by atoms with Crippen LogP contribution in [0.1, 0.15) is 32.1 Å². The van der Waals surface area contributed by atoms with Crippen molar-refractivity contribution < 1.29 is 9.53 Å². The smallest absolute Gasteiger partial charge is 0.237 e. The molecule has 3 nitrogen and oxygen atoms in total. The van der Waals surface area contributed by atoms with Gasteiger partial charge in [-0.05, 0) is 32.1 Å². The van der Waals surface area contributed by atoms with Crippen molar-refractivity contribution in [1.82, 2.24) is 4.90 Å². The molecule has 0 saturated carbocycles. The Balaban J connectivity index is 1.99. The Morgan fingerprint density at radius 2 is 2.13 bits per heavy atom. The molecule has 0 bridgehead atoms. The molecular weight excluding hydrogens is 214 g/mol. The van der Waals surface area contributed by atoms with E-state index < -0.39 is 0 Å². The van der Waals surface area contributed by atoms with E-state index >= 15 is 0 Å². The Morgan fingerprint density at radius 1 is 1.33 bits per heavy atom. The van der Waals surface area contributed by atoms with Crippen LogP contribution < -0.4 is 0 Å². The van der Waals surface area contributed by atoms with Gasteiger partial charge in [0.05, 0.1) is 5.60 Å². The fraction of sp³-hybridized carbons (Fsp3) is 0.909. The molecule has 2 aliphatic rings. The number of carbonyl (C=O) groups is 1. The topological polar surface area (TPSA) is 29.5 Å². The predicted octanol–water partition coefficient (Wildman–Crippen LogP) is 1.79. The van der Waals surface area contributed by atoms with Gasteiger partial charge in [0, 0.05) is 19.7 Å². The molecule has 2 fully saturated rings. The van der Waals surface area contributed by atoms with Crippen LogP contribution in [-0.2, 0) is 9.53 Å². The molecule has 2 aliphatic heterocycles. The van der Waals surface area contributed by atoms with Crippen molar-refractivity contribution in [3.05, 3.63) is 0 Å². The Labute approximate surface area is 95.7 Å². The second-order valence-corrected chi connectivity index (χ2v) is 4.81. The zero-order chi connectivity index (χ0) is 10.7. The van der Waals surface area contributed by atoms with E-state index in [2.05, 4.69) is 0 Å². The summed E-state index contributed by atoms with van der Waals surface area (Å²) < 4.78 is 5.89. The lowest BCUT2D eigenvalue weighted by Crippen LogP contribution is -2.53. The number of likely N-dealkylation sites (tertiary alicyclic amines) is 1. The molecule has 0 unspecified atom stereocenters. The van der Waals surface area contributed by atoms with Crippen molar-refractivity contribution in [2.75, 3.05) is 25.6 Å². The molecule has 1 amide bonds. The van der Waals surface area contributed by atoms with E-state index in [1.165, 1.54) is 6.42 Å². The van der Waals surface area contributed by atoms with Crippen molar-refractivity contribution in [1.29, 1.82) is 0 Å². The molecule has 1 atom stereocenters. The number of piperidine rings is 1. The van der Waals surface area contributed by atoms with E-state index in [9.17, 15) is 4.79 Å². The third-order valence-electron chi connectivity index (χ3n) is 3.44. The van der Waals surface area contributed by atoms with E-state index in [1.54, 1.807) is 0 Å². The SMILES string of the molecule is O=C(CCl)N1CCC[C@]2(CCCCO2)C1. The zero-order valence-corrected chi connectivity index (χ0v) is 9.76. The molecule has 4 heteroatoms. The third-order valence-corrected chi connectivity index (χ3v) is 3.67. The number of amides is 1. The second-order valence-electron chi connectivity index (χ2n) is 4.54. The summed E-state index contributed by atoms with van der Waals surface area (Å²) in [7, 11) is 0. The van der Waals surface area contributed by atoms with Crippen LogP contribution in [-0.4, -0.2) is 42.0 Å². The second kappa shape index (κ2) is 4.71. The molecule has 2 heterocycles. The molecule has 2 rings (SSSR count). The predicted molar refractivity (Wildman–Crippen MR) is 59.1 cm³/mol. The van der Waals surface area contributed by atoms with E-state index in [-0.39, 0.29) is 17.4 Å². The largest absolute Gasteiger partial charge is 0.373 e. The molecule has 0 aromatic heterocycles. The quantitative estimate of drug-likeness (QED) is 0.644. The Bertz CT molecular complexity index is 233. The molecule has 0 aliphatic carbocycles. The average Bonchev–Trinajstić information content (AvgIpc) is 2.29. The van der Waals surface area contributed by atoms with Gasteiger partial charge in [0.25, 0.3) is 0 Å². The molecule has 0 aromatic carbocycles. The Morgan fingerprint density at radius 3 is 2.80 bits per heavy atom. The number of hydrogen-bond donors (Lipinski definition) is 0. The lowest BCUT2D eigenvalue weighted by atomic mass is 9.86. The highest BCUT2D eigenvalue weighted by Gasteiger charge is 2.38. The maximum absolute atomic E-state index is 11.5. The summed E-state index contributed by atoms with van der Waals surface area (Å²) in [5, 5.41) is 0. The van der Waals surface area contributed by atoms with Crippen molar-refractivity contribution in [3.63, 3.8) is 0 Å². The third kappa shape index (κ3) is 2.45. The van der Waals surface area contributed by atoms with Crippen LogP contribution in [0.2, 0.25) is 0 Å². The maximum Gasteiger partial charge on any atom is 0.237 e. The van der Waals surface area contributed by atoms with Crippen LogP contribution in [0, 0.1) is 0 Å². The minimum atomic E-state index is -0.0434. The van der Waals surface area contributed by atoms with Crippen LogP contribution in [0.4, 0.5) is 0 Å². The number of halogens is 1. The highest BCUT2D eigenvalue weighted by Crippen LogP contribution is 2.33. The van der Waals surface area contributed by atoms with Gasteiger partial charge in [0.2, 0.25) is 5.91 Å². The van der Waals surface area contributed by atoms with Gasteiger partial charge in [-0.3, -0.25) is 4.79 Å². The number of nitrogens with zero attached hydrogens (tertiary/aromatic N) is 1. The lowest BCUT2D eigenvalue weighted by Gasteiger charge is -2.44. The molecular formula is C11H18ClNO2. The first-order chi connectivity index (χ1) is 7.26. The van der Waals surface area contributed by atoms with E-state index in [0.717, 1.165) is 45.4 Å². The van der Waals surface area contributed by atoms with Crippen molar-refractivity contribution in [2.24, 2.45) is 0 Å². The van der Waals surface area contributed by atoms with Gasteiger partial charge in [0.1, 0.15) is 5.88 Å². The van der Waals surface area contributed by atoms with Gasteiger partial charge < -0.3 is 9.64 Å². The van der Waals surface area contributed by atoms with Gasteiger partial charge in [-0.25, -0.2) is 0 Å². The summed E-state index contributed by atoms with van der Waals surface area (Å²) >= 11 is 5.58. The van der Waals surface area contributed by atoms with Crippen LogP contribution in [0.25, 0.3) is 0 Å². The summed E-state index contributed by atoms with van der Waals surface area (Å²) in [6.45, 7) is 2.44. The van der Waals surface area contributed by atoms with Crippen LogP contribution in [0.5, 0.6) is 0 Å². The molecule has 0 radical (unpaired) electrons. The minimum absolute atomic E-state index is 0.0434. The molecule has 2 saturated heterocycles. The summed E-state index contributed by atoms with van der Waals surface area (Å²) in [6, 6.07) is 0. The number of rotatable bonds is 1. The fourth-order valence-electron chi connectivity index (χ4n) is 2.63. The molecule has 0 aromatic rings. The summed E-state index contributed by atoms with van der Waals surface area (Å²) in [5.41, 5.74) is -0.0434. The monoisotopic (exact) mass is 231 g/mol. The summed E-state index contributed by atoms with van der Waals surface area (Å²) in [5.74, 6) is 0.140. The fourth-order valence-corrected chi connectivity index (χ4v) is 2.80. The van der Waals surface area contributed by atoms with Gasteiger partial charge in [0.15, 0.2) is 0 Å². The van der Waals surface area contributed by atoms with E-state index in [1.807, 2.05) is 4.90 Å². The molecule has 86 valence electrons. The average molecular weight is 232 g/mol. The van der Waals surface area contributed by atoms with Crippen LogP contribution in [0.15, 0.2) is 0 Å². The lowest BCUT2D eigenvalue weighted by molar-refractivity contribution is -0.146. The Hall–Kier alpha value is -0.280. The molecule has 0 N–H and O–H groups in total. The first-order valence-corrected chi connectivity index (χ1v) is 6.27. The zero-order valence-electron chi connectivity index (χ0n) is 9.01. The van der Waals surface area contributed by atoms with E-state index in [4.69, 9.17) is 16.3 Å². The van der Waals surface area contributed by atoms with Crippen molar-refractivity contribution in [2.45, 2.75) is 37.7 Å².